The van der Waals surface area contributed by atoms with Gasteiger partial charge in [-0.1, -0.05) is 18.2 Å². The van der Waals surface area contributed by atoms with Crippen LogP contribution in [0.25, 0.3) is 0 Å². The van der Waals surface area contributed by atoms with Gasteiger partial charge in [-0.3, -0.25) is 14.3 Å². The van der Waals surface area contributed by atoms with Gasteiger partial charge in [0.25, 0.3) is 5.91 Å². The van der Waals surface area contributed by atoms with Crippen molar-refractivity contribution in [2.45, 2.75) is 18.9 Å². The Morgan fingerprint density at radius 2 is 1.89 bits per heavy atom. The first kappa shape index (κ1) is 19.4. The summed E-state index contributed by atoms with van der Waals surface area (Å²) in [6.45, 7) is 0.835. The number of carbonyl (C=O) groups excluding carboxylic acids is 2. The fraction of sp³-hybridized carbons (Fsp3) is 0.368. The van der Waals surface area contributed by atoms with E-state index in [0.29, 0.717) is 31.7 Å². The molecule has 148 valence electrons. The monoisotopic (exact) mass is 386 g/mol. The minimum absolute atomic E-state index is 0.0611. The van der Waals surface area contributed by atoms with E-state index in [9.17, 15) is 14.4 Å². The van der Waals surface area contributed by atoms with Crippen molar-refractivity contribution in [1.29, 1.82) is 0 Å². The Balaban J connectivity index is 1.38. The van der Waals surface area contributed by atoms with Crippen LogP contribution in [-0.4, -0.2) is 63.8 Å². The van der Waals surface area contributed by atoms with Crippen LogP contribution < -0.4 is 10.1 Å². The summed E-state index contributed by atoms with van der Waals surface area (Å²) in [5.74, 6) is -0.926. The number of likely N-dealkylation sites (tertiary alicyclic amines) is 1. The lowest BCUT2D eigenvalue weighted by Crippen LogP contribution is -2.45. The van der Waals surface area contributed by atoms with Gasteiger partial charge in [-0.15, -0.1) is 0 Å². The molecule has 1 aromatic carbocycles. The number of piperidine rings is 1. The van der Waals surface area contributed by atoms with Crippen LogP contribution in [0.1, 0.15) is 29.2 Å². The van der Waals surface area contributed by atoms with Crippen LogP contribution in [0.4, 0.5) is 0 Å². The van der Waals surface area contributed by atoms with Crippen molar-refractivity contribution in [2.75, 3.05) is 26.2 Å². The van der Waals surface area contributed by atoms with E-state index in [0.717, 1.165) is 0 Å². The van der Waals surface area contributed by atoms with Crippen LogP contribution in [-0.2, 0) is 9.59 Å². The number of hydrogen-bond acceptors (Lipinski definition) is 5. The second-order valence-corrected chi connectivity index (χ2v) is 6.50. The van der Waals surface area contributed by atoms with Crippen LogP contribution in [0, 0.1) is 0 Å². The molecule has 0 aliphatic carbocycles. The fourth-order valence-corrected chi connectivity index (χ4v) is 3.03. The van der Waals surface area contributed by atoms with Crippen LogP contribution >= 0.6 is 0 Å². The summed E-state index contributed by atoms with van der Waals surface area (Å²) in [7, 11) is 0. The largest absolute Gasteiger partial charge is 0.484 e. The van der Waals surface area contributed by atoms with E-state index in [-0.39, 0.29) is 36.6 Å². The first-order chi connectivity index (χ1) is 13.5. The maximum atomic E-state index is 12.3. The molecule has 3 rings (SSSR count). The standard InChI is InChI=1S/C19H22N4O5/c24-17(13-28-16-4-2-1-3-5-16)20-11-18(25)22-8-6-15(7-9-22)23-12-14(10-21-23)19(26)27/h1-5,10,12,15H,6-9,11,13H2,(H,20,24)(H,26,27). The molecule has 0 bridgehead atoms. The zero-order valence-corrected chi connectivity index (χ0v) is 15.3. The maximum Gasteiger partial charge on any atom is 0.338 e. The number of amides is 2. The number of aromatic nitrogens is 2. The summed E-state index contributed by atoms with van der Waals surface area (Å²) >= 11 is 0. The van der Waals surface area contributed by atoms with E-state index in [1.807, 2.05) is 18.2 Å². The molecule has 1 aromatic heterocycles. The third-order valence-corrected chi connectivity index (χ3v) is 4.59. The smallest absolute Gasteiger partial charge is 0.338 e. The van der Waals surface area contributed by atoms with E-state index in [1.165, 1.54) is 12.4 Å². The number of aromatic carboxylic acids is 1. The highest BCUT2D eigenvalue weighted by Crippen LogP contribution is 2.22. The molecule has 1 aliphatic rings. The first-order valence-electron chi connectivity index (χ1n) is 9.02. The molecule has 0 unspecified atom stereocenters. The summed E-state index contributed by atoms with van der Waals surface area (Å²) in [4.78, 5) is 36.7. The van der Waals surface area contributed by atoms with E-state index >= 15 is 0 Å². The number of benzene rings is 1. The topological polar surface area (TPSA) is 114 Å². The second-order valence-electron chi connectivity index (χ2n) is 6.50. The summed E-state index contributed by atoms with van der Waals surface area (Å²) < 4.78 is 6.99. The van der Waals surface area contributed by atoms with Crippen molar-refractivity contribution >= 4 is 17.8 Å². The van der Waals surface area contributed by atoms with Gasteiger partial charge in [0.05, 0.1) is 24.3 Å². The molecule has 0 spiro atoms. The van der Waals surface area contributed by atoms with E-state index in [1.54, 1.807) is 21.7 Å². The average Bonchev–Trinajstić information content (AvgIpc) is 3.22. The van der Waals surface area contributed by atoms with Gasteiger partial charge in [0, 0.05) is 19.3 Å². The van der Waals surface area contributed by atoms with Gasteiger partial charge < -0.3 is 20.1 Å². The maximum absolute atomic E-state index is 12.3. The van der Waals surface area contributed by atoms with Gasteiger partial charge in [0.2, 0.25) is 5.91 Å². The molecule has 1 fully saturated rings. The molecule has 2 amide bonds. The minimum Gasteiger partial charge on any atom is -0.484 e. The molecule has 9 heteroatoms. The quantitative estimate of drug-likeness (QED) is 0.732. The first-order valence-corrected chi connectivity index (χ1v) is 9.02. The highest BCUT2D eigenvalue weighted by molar-refractivity contribution is 5.87. The van der Waals surface area contributed by atoms with Crippen LogP contribution in [0.3, 0.4) is 0 Å². The Bertz CT molecular complexity index is 828. The minimum atomic E-state index is -1.01. The lowest BCUT2D eigenvalue weighted by atomic mass is 10.1. The zero-order valence-electron chi connectivity index (χ0n) is 15.3. The molecule has 0 radical (unpaired) electrons. The lowest BCUT2D eigenvalue weighted by Gasteiger charge is -2.32. The SMILES string of the molecule is O=C(COc1ccccc1)NCC(=O)N1CCC(n2cc(C(=O)O)cn2)CC1. The van der Waals surface area contributed by atoms with Gasteiger partial charge >= 0.3 is 5.97 Å². The summed E-state index contributed by atoms with van der Waals surface area (Å²) in [6, 6.07) is 9.04. The molecular weight excluding hydrogens is 364 g/mol. The Morgan fingerprint density at radius 1 is 1.18 bits per heavy atom. The number of carboxylic acids is 1. The molecule has 9 nitrogen and oxygen atoms in total. The molecule has 0 atom stereocenters. The normalized spacial score (nSPS) is 14.5. The van der Waals surface area contributed by atoms with Crippen LogP contribution in [0.2, 0.25) is 0 Å². The van der Waals surface area contributed by atoms with Crippen molar-refractivity contribution in [3.8, 4) is 5.75 Å². The Morgan fingerprint density at radius 3 is 2.54 bits per heavy atom. The number of nitrogens with one attached hydrogen (secondary N) is 1. The number of ether oxygens (including phenoxy) is 1. The van der Waals surface area contributed by atoms with Gasteiger partial charge in [-0.2, -0.15) is 5.10 Å². The van der Waals surface area contributed by atoms with Crippen LogP contribution in [0.5, 0.6) is 5.75 Å². The number of hydrogen-bond donors (Lipinski definition) is 2. The average molecular weight is 386 g/mol. The molecule has 2 heterocycles. The van der Waals surface area contributed by atoms with E-state index in [2.05, 4.69) is 10.4 Å². The number of nitrogens with zero attached hydrogens (tertiary/aromatic N) is 3. The van der Waals surface area contributed by atoms with Crippen molar-refractivity contribution in [3.63, 3.8) is 0 Å². The second kappa shape index (κ2) is 9.03. The third kappa shape index (κ3) is 5.09. The Hall–Kier alpha value is -3.36. The fourth-order valence-electron chi connectivity index (χ4n) is 3.03. The number of carbonyl (C=O) groups is 3. The van der Waals surface area contributed by atoms with Gasteiger partial charge in [0.1, 0.15) is 5.75 Å². The van der Waals surface area contributed by atoms with E-state index < -0.39 is 5.97 Å². The summed E-state index contributed by atoms with van der Waals surface area (Å²) in [5, 5.41) is 15.6. The molecule has 2 aromatic rings. The van der Waals surface area contributed by atoms with Crippen molar-refractivity contribution in [1.82, 2.24) is 20.0 Å². The molecule has 1 aliphatic heterocycles. The summed E-state index contributed by atoms with van der Waals surface area (Å²) in [5.41, 5.74) is 0.152. The number of rotatable bonds is 7. The third-order valence-electron chi connectivity index (χ3n) is 4.59. The van der Waals surface area contributed by atoms with Gasteiger partial charge in [-0.05, 0) is 25.0 Å². The summed E-state index contributed by atoms with van der Waals surface area (Å²) in [6.07, 6.45) is 4.19. The van der Waals surface area contributed by atoms with Gasteiger partial charge in [0.15, 0.2) is 6.61 Å². The number of carboxylic acid groups (broad SMARTS) is 1. The van der Waals surface area contributed by atoms with Crippen LogP contribution in [0.15, 0.2) is 42.7 Å². The zero-order chi connectivity index (χ0) is 19.9. The molecule has 2 N–H and O–H groups in total. The Kier molecular flexibility index (Phi) is 6.25. The highest BCUT2D eigenvalue weighted by Gasteiger charge is 2.25. The molecule has 0 saturated carbocycles. The predicted molar refractivity (Wildman–Crippen MR) is 99.0 cm³/mol. The Labute approximate surface area is 161 Å². The van der Waals surface area contributed by atoms with Crippen molar-refractivity contribution in [3.05, 3.63) is 48.3 Å². The predicted octanol–water partition coefficient (Wildman–Crippen LogP) is 0.940. The lowest BCUT2D eigenvalue weighted by molar-refractivity contribution is -0.134. The van der Waals surface area contributed by atoms with E-state index in [4.69, 9.17) is 9.84 Å². The van der Waals surface area contributed by atoms with Gasteiger partial charge in [-0.25, -0.2) is 4.79 Å². The highest BCUT2D eigenvalue weighted by atomic mass is 16.5. The molecule has 1 saturated heterocycles. The molecular formula is C19H22N4O5. The van der Waals surface area contributed by atoms with Crippen molar-refractivity contribution < 1.29 is 24.2 Å². The van der Waals surface area contributed by atoms with Crippen molar-refractivity contribution in [2.24, 2.45) is 0 Å². The molecule has 28 heavy (non-hydrogen) atoms. The number of para-hydroxylation sites is 1.